The van der Waals surface area contributed by atoms with Gasteiger partial charge in [-0.3, -0.25) is 0 Å². The first kappa shape index (κ1) is 10.1. The molecule has 1 saturated heterocycles. The zero-order valence-electron chi connectivity index (χ0n) is 7.16. The Bertz CT molecular complexity index is 164. The van der Waals surface area contributed by atoms with E-state index in [1.54, 1.807) is 0 Å². The van der Waals surface area contributed by atoms with Crippen molar-refractivity contribution in [1.82, 2.24) is 4.90 Å². The Morgan fingerprint density at radius 2 is 2.08 bits per heavy atom. The minimum Gasteiger partial charge on any atom is -0.465 e. The summed E-state index contributed by atoms with van der Waals surface area (Å²) in [6.45, 7) is 3.63. The predicted octanol–water partition coefficient (Wildman–Crippen LogP) is 2.20. The van der Waals surface area contributed by atoms with Gasteiger partial charge in [0.15, 0.2) is 0 Å². The molecule has 0 saturated carbocycles. The van der Waals surface area contributed by atoms with E-state index in [0.717, 1.165) is 12.8 Å². The van der Waals surface area contributed by atoms with Gasteiger partial charge in [0.2, 0.25) is 0 Å². The first-order chi connectivity index (χ1) is 5.61. The molecule has 1 heterocycles. The Kier molecular flexibility index (Phi) is 3.61. The second-order valence-corrected chi connectivity index (χ2v) is 5.25. The molecule has 0 aromatic rings. The fraction of sp³-hybridized carbons (Fsp3) is 0.875. The van der Waals surface area contributed by atoms with E-state index in [-0.39, 0.29) is 0 Å². The van der Waals surface area contributed by atoms with E-state index in [1.165, 1.54) is 4.90 Å². The van der Waals surface area contributed by atoms with Crippen LogP contribution in [0.15, 0.2) is 0 Å². The van der Waals surface area contributed by atoms with Crippen LogP contribution < -0.4 is 0 Å². The Hall–Kier alpha value is 0. The van der Waals surface area contributed by atoms with Crippen LogP contribution in [0.1, 0.15) is 19.8 Å². The third-order valence-electron chi connectivity index (χ3n) is 2.46. The van der Waals surface area contributed by atoms with Crippen molar-refractivity contribution in [2.24, 2.45) is 5.92 Å². The molecule has 1 aliphatic rings. The smallest absolute Gasteiger partial charge is 0.407 e. The maximum absolute atomic E-state index is 10.6. The van der Waals surface area contributed by atoms with Gasteiger partial charge in [0, 0.05) is 17.0 Å². The van der Waals surface area contributed by atoms with E-state index in [0.29, 0.717) is 22.9 Å². The van der Waals surface area contributed by atoms with Gasteiger partial charge in [-0.15, -0.1) is 0 Å². The molecule has 1 rings (SSSR count). The minimum atomic E-state index is -0.769. The lowest BCUT2D eigenvalue weighted by Gasteiger charge is -2.31. The van der Waals surface area contributed by atoms with E-state index in [4.69, 9.17) is 5.11 Å². The van der Waals surface area contributed by atoms with Crippen molar-refractivity contribution >= 4 is 28.7 Å². The number of hydrogen-bond donors (Lipinski definition) is 1. The minimum absolute atomic E-state index is 0.665. The number of nitrogens with zero attached hydrogens (tertiary/aromatic N) is 1. The maximum atomic E-state index is 10.6. The molecule has 1 fully saturated rings. The third-order valence-corrected chi connectivity index (χ3v) is 3.48. The number of likely N-dealkylation sites (tertiary alicyclic amines) is 1. The lowest BCUT2D eigenvalue weighted by Crippen LogP contribution is -2.39. The highest BCUT2D eigenvalue weighted by molar-refractivity contribution is 14.1. The fourth-order valence-electron chi connectivity index (χ4n) is 1.55. The SMILES string of the molecule is CC(I)C1CCN(C(=O)O)CC1. The van der Waals surface area contributed by atoms with Gasteiger partial charge < -0.3 is 10.0 Å². The summed E-state index contributed by atoms with van der Waals surface area (Å²) in [5, 5.41) is 8.69. The van der Waals surface area contributed by atoms with Crippen LogP contribution in [0.25, 0.3) is 0 Å². The molecule has 3 nitrogen and oxygen atoms in total. The van der Waals surface area contributed by atoms with E-state index < -0.39 is 6.09 Å². The number of carbonyl (C=O) groups is 1. The summed E-state index contributed by atoms with van der Waals surface area (Å²) < 4.78 is 0.665. The lowest BCUT2D eigenvalue weighted by molar-refractivity contribution is 0.125. The third kappa shape index (κ3) is 2.50. The predicted molar refractivity (Wildman–Crippen MR) is 55.8 cm³/mol. The molecule has 4 heteroatoms. The highest BCUT2D eigenvalue weighted by atomic mass is 127. The number of hydrogen-bond acceptors (Lipinski definition) is 1. The summed E-state index contributed by atoms with van der Waals surface area (Å²) in [5.74, 6) is 0.709. The molecule has 0 aliphatic carbocycles. The fourth-order valence-corrected chi connectivity index (χ4v) is 2.27. The lowest BCUT2D eigenvalue weighted by atomic mass is 9.95. The van der Waals surface area contributed by atoms with Crippen molar-refractivity contribution in [3.8, 4) is 0 Å². The van der Waals surface area contributed by atoms with E-state index in [1.807, 2.05) is 0 Å². The average Bonchev–Trinajstić information content (AvgIpc) is 2.04. The van der Waals surface area contributed by atoms with Gasteiger partial charge in [0.25, 0.3) is 0 Å². The van der Waals surface area contributed by atoms with Crippen molar-refractivity contribution in [1.29, 1.82) is 0 Å². The first-order valence-corrected chi connectivity index (χ1v) is 5.47. The van der Waals surface area contributed by atoms with Gasteiger partial charge in [-0.1, -0.05) is 29.5 Å². The summed E-state index contributed by atoms with van der Waals surface area (Å²) in [5.41, 5.74) is 0. The zero-order valence-corrected chi connectivity index (χ0v) is 9.32. The van der Waals surface area contributed by atoms with Gasteiger partial charge in [0.1, 0.15) is 0 Å². The topological polar surface area (TPSA) is 40.5 Å². The monoisotopic (exact) mass is 283 g/mol. The molecule has 12 heavy (non-hydrogen) atoms. The Balaban J connectivity index is 2.34. The van der Waals surface area contributed by atoms with Crippen molar-refractivity contribution in [2.75, 3.05) is 13.1 Å². The number of piperidine rings is 1. The molecule has 0 radical (unpaired) electrons. The van der Waals surface area contributed by atoms with Crippen molar-refractivity contribution < 1.29 is 9.90 Å². The van der Waals surface area contributed by atoms with Gasteiger partial charge in [-0.05, 0) is 18.8 Å². The number of amides is 1. The molecule has 0 aromatic heterocycles. The number of halogens is 1. The number of carboxylic acid groups (broad SMARTS) is 1. The van der Waals surface area contributed by atoms with Crippen molar-refractivity contribution in [3.63, 3.8) is 0 Å². The molecule has 0 aromatic carbocycles. The van der Waals surface area contributed by atoms with Crippen LogP contribution in [0.3, 0.4) is 0 Å². The molecule has 1 aliphatic heterocycles. The summed E-state index contributed by atoms with van der Waals surface area (Å²) >= 11 is 2.42. The molecule has 1 amide bonds. The Morgan fingerprint density at radius 3 is 2.42 bits per heavy atom. The largest absolute Gasteiger partial charge is 0.465 e. The number of alkyl halides is 1. The highest BCUT2D eigenvalue weighted by Crippen LogP contribution is 2.25. The van der Waals surface area contributed by atoms with Crippen LogP contribution in [0.5, 0.6) is 0 Å². The molecular weight excluding hydrogens is 269 g/mol. The zero-order chi connectivity index (χ0) is 9.14. The van der Waals surface area contributed by atoms with Crippen LogP contribution >= 0.6 is 22.6 Å². The van der Waals surface area contributed by atoms with Gasteiger partial charge in [0.05, 0.1) is 0 Å². The van der Waals surface area contributed by atoms with Crippen LogP contribution in [0.2, 0.25) is 0 Å². The van der Waals surface area contributed by atoms with Crippen LogP contribution in [0.4, 0.5) is 4.79 Å². The number of rotatable bonds is 1. The van der Waals surface area contributed by atoms with E-state index in [9.17, 15) is 4.79 Å². The molecule has 1 atom stereocenters. The Labute approximate surface area is 86.3 Å². The second-order valence-electron chi connectivity index (χ2n) is 3.28. The van der Waals surface area contributed by atoms with Crippen LogP contribution in [-0.4, -0.2) is 33.1 Å². The van der Waals surface area contributed by atoms with Crippen LogP contribution in [-0.2, 0) is 0 Å². The molecular formula is C8H14INO2. The molecule has 1 N–H and O–H groups in total. The molecule has 0 bridgehead atoms. The average molecular weight is 283 g/mol. The molecule has 1 unspecified atom stereocenters. The van der Waals surface area contributed by atoms with E-state index >= 15 is 0 Å². The summed E-state index contributed by atoms with van der Waals surface area (Å²) in [6, 6.07) is 0. The molecule has 70 valence electrons. The van der Waals surface area contributed by atoms with Gasteiger partial charge in [-0.25, -0.2) is 4.79 Å². The standard InChI is InChI=1S/C8H14INO2/c1-6(9)7-2-4-10(5-3-7)8(11)12/h6-7H,2-5H2,1H3,(H,11,12). The maximum Gasteiger partial charge on any atom is 0.407 e. The van der Waals surface area contributed by atoms with Crippen molar-refractivity contribution in [3.05, 3.63) is 0 Å². The normalized spacial score (nSPS) is 22.3. The highest BCUT2D eigenvalue weighted by Gasteiger charge is 2.24. The first-order valence-electron chi connectivity index (χ1n) is 4.23. The summed E-state index contributed by atoms with van der Waals surface area (Å²) in [4.78, 5) is 12.1. The van der Waals surface area contributed by atoms with Gasteiger partial charge >= 0.3 is 6.09 Å². The van der Waals surface area contributed by atoms with Crippen LogP contribution in [0, 0.1) is 5.92 Å². The Morgan fingerprint density at radius 1 is 1.58 bits per heavy atom. The van der Waals surface area contributed by atoms with Gasteiger partial charge in [-0.2, -0.15) is 0 Å². The molecule has 0 spiro atoms. The summed E-state index contributed by atoms with van der Waals surface area (Å²) in [6.07, 6.45) is 1.28. The van der Waals surface area contributed by atoms with E-state index in [2.05, 4.69) is 29.5 Å². The summed E-state index contributed by atoms with van der Waals surface area (Å²) in [7, 11) is 0. The quantitative estimate of drug-likeness (QED) is 0.592. The second kappa shape index (κ2) is 4.30. The van der Waals surface area contributed by atoms with Crippen molar-refractivity contribution in [2.45, 2.75) is 23.7 Å².